The van der Waals surface area contributed by atoms with Gasteiger partial charge in [-0.15, -0.1) is 0 Å². The van der Waals surface area contributed by atoms with Crippen molar-refractivity contribution < 1.29 is 18.1 Å². The molecular weight excluding hydrogens is 323 g/mol. The summed E-state index contributed by atoms with van der Waals surface area (Å²) in [6.07, 6.45) is 0.229. The van der Waals surface area contributed by atoms with E-state index in [2.05, 4.69) is 10.1 Å². The number of aromatic nitrogens is 2. The topological polar surface area (TPSA) is 61.3 Å². The summed E-state index contributed by atoms with van der Waals surface area (Å²) in [6.45, 7) is 1.92. The summed E-state index contributed by atoms with van der Waals surface area (Å²) in [5.41, 5.74) is 2.12. The third-order valence-corrected chi connectivity index (χ3v) is 4.11. The Morgan fingerprint density at radius 3 is 2.80 bits per heavy atom. The van der Waals surface area contributed by atoms with Crippen LogP contribution in [-0.2, 0) is 6.42 Å². The Labute approximate surface area is 143 Å². The molecule has 5 nitrogen and oxygen atoms in total. The fourth-order valence-corrected chi connectivity index (χ4v) is 2.76. The first-order valence-corrected chi connectivity index (χ1v) is 7.79. The lowest BCUT2D eigenvalue weighted by molar-refractivity contribution is 0.383. The van der Waals surface area contributed by atoms with Gasteiger partial charge in [0.25, 0.3) is 0 Å². The van der Waals surface area contributed by atoms with Crippen LogP contribution in [0.4, 0.5) is 4.39 Å². The maximum absolute atomic E-state index is 13.8. The molecule has 0 bridgehead atoms. The van der Waals surface area contributed by atoms with Crippen molar-refractivity contribution in [1.29, 1.82) is 0 Å². The minimum absolute atomic E-state index is 0.229. The van der Waals surface area contributed by atoms with Crippen LogP contribution < -0.4 is 4.74 Å². The molecule has 0 atom stereocenters. The molecule has 0 aliphatic rings. The number of aryl methyl sites for hydroxylation is 1. The molecule has 0 amide bonds. The lowest BCUT2D eigenvalue weighted by Gasteiger charge is -1.97. The highest BCUT2D eigenvalue weighted by molar-refractivity contribution is 5.87. The molecular formula is C19H15FN2O3. The molecule has 0 fully saturated rings. The SMILES string of the molecule is COc1ccc2oc(-c3noc(Cc4ccccc4F)n3)c(C)c2c1. The molecule has 2 aromatic heterocycles. The molecule has 0 spiro atoms. The maximum atomic E-state index is 13.8. The number of halogens is 1. The largest absolute Gasteiger partial charge is 0.497 e. The van der Waals surface area contributed by atoms with Crippen LogP contribution in [0, 0.1) is 12.7 Å². The second-order valence-electron chi connectivity index (χ2n) is 5.70. The zero-order chi connectivity index (χ0) is 17.4. The van der Waals surface area contributed by atoms with Crippen LogP contribution in [0.1, 0.15) is 17.0 Å². The van der Waals surface area contributed by atoms with E-state index in [1.165, 1.54) is 6.07 Å². The van der Waals surface area contributed by atoms with E-state index in [9.17, 15) is 4.39 Å². The van der Waals surface area contributed by atoms with Gasteiger partial charge < -0.3 is 13.7 Å². The van der Waals surface area contributed by atoms with Gasteiger partial charge in [0, 0.05) is 10.9 Å². The Kier molecular flexibility index (Phi) is 3.72. The molecule has 6 heteroatoms. The van der Waals surface area contributed by atoms with Crippen molar-refractivity contribution in [2.75, 3.05) is 7.11 Å². The second kappa shape index (κ2) is 6.05. The van der Waals surface area contributed by atoms with E-state index in [1.807, 2.05) is 25.1 Å². The number of furan rings is 1. The van der Waals surface area contributed by atoms with Gasteiger partial charge in [-0.2, -0.15) is 4.98 Å². The number of fused-ring (bicyclic) bond motifs is 1. The highest BCUT2D eigenvalue weighted by Gasteiger charge is 2.19. The van der Waals surface area contributed by atoms with Crippen LogP contribution in [-0.4, -0.2) is 17.3 Å². The smallest absolute Gasteiger partial charge is 0.238 e. The summed E-state index contributed by atoms with van der Waals surface area (Å²) >= 11 is 0. The summed E-state index contributed by atoms with van der Waals surface area (Å²) in [6, 6.07) is 12.1. The quantitative estimate of drug-likeness (QED) is 0.547. The Balaban J connectivity index is 1.69. The predicted molar refractivity (Wildman–Crippen MR) is 90.0 cm³/mol. The van der Waals surface area contributed by atoms with Crippen LogP contribution in [0.5, 0.6) is 5.75 Å². The normalized spacial score (nSPS) is 11.2. The summed E-state index contributed by atoms with van der Waals surface area (Å²) in [4.78, 5) is 4.35. The van der Waals surface area contributed by atoms with Crippen LogP contribution >= 0.6 is 0 Å². The van der Waals surface area contributed by atoms with Crippen LogP contribution in [0.15, 0.2) is 51.4 Å². The fourth-order valence-electron chi connectivity index (χ4n) is 2.76. The van der Waals surface area contributed by atoms with E-state index >= 15 is 0 Å². The molecule has 0 aliphatic carbocycles. The summed E-state index contributed by atoms with van der Waals surface area (Å²) in [5.74, 6) is 1.66. The van der Waals surface area contributed by atoms with Crippen molar-refractivity contribution >= 4 is 11.0 Å². The first-order chi connectivity index (χ1) is 12.2. The Morgan fingerprint density at radius 2 is 2.00 bits per heavy atom. The molecule has 0 unspecified atom stereocenters. The first-order valence-electron chi connectivity index (χ1n) is 7.79. The highest BCUT2D eigenvalue weighted by Crippen LogP contribution is 2.33. The van der Waals surface area contributed by atoms with Crippen molar-refractivity contribution in [1.82, 2.24) is 10.1 Å². The minimum Gasteiger partial charge on any atom is -0.497 e. The van der Waals surface area contributed by atoms with Gasteiger partial charge in [0.1, 0.15) is 17.1 Å². The maximum Gasteiger partial charge on any atom is 0.238 e. The van der Waals surface area contributed by atoms with Crippen LogP contribution in [0.25, 0.3) is 22.6 Å². The molecule has 0 N–H and O–H groups in total. The van der Waals surface area contributed by atoms with E-state index in [-0.39, 0.29) is 12.2 Å². The molecule has 126 valence electrons. The molecule has 25 heavy (non-hydrogen) atoms. The van der Waals surface area contributed by atoms with E-state index in [1.54, 1.807) is 25.3 Å². The van der Waals surface area contributed by atoms with Gasteiger partial charge in [-0.05, 0) is 36.8 Å². The average Bonchev–Trinajstić information content (AvgIpc) is 3.21. The molecule has 0 saturated heterocycles. The summed E-state index contributed by atoms with van der Waals surface area (Å²) < 4.78 is 30.1. The Hall–Kier alpha value is -3.15. The van der Waals surface area contributed by atoms with E-state index in [0.29, 0.717) is 28.6 Å². The number of nitrogens with zero attached hydrogens (tertiary/aromatic N) is 2. The number of hydrogen-bond donors (Lipinski definition) is 0. The molecule has 0 saturated carbocycles. The minimum atomic E-state index is -0.297. The molecule has 4 rings (SSSR count). The van der Waals surface area contributed by atoms with Gasteiger partial charge in [0.15, 0.2) is 5.76 Å². The number of hydrogen-bond acceptors (Lipinski definition) is 5. The average molecular weight is 338 g/mol. The van der Waals surface area contributed by atoms with E-state index in [4.69, 9.17) is 13.7 Å². The number of rotatable bonds is 4. The van der Waals surface area contributed by atoms with Crippen LogP contribution in [0.3, 0.4) is 0 Å². The van der Waals surface area contributed by atoms with Gasteiger partial charge in [0.05, 0.1) is 13.5 Å². The molecule has 4 aromatic rings. The van der Waals surface area contributed by atoms with Gasteiger partial charge in [-0.3, -0.25) is 0 Å². The monoisotopic (exact) mass is 338 g/mol. The lowest BCUT2D eigenvalue weighted by atomic mass is 10.1. The van der Waals surface area contributed by atoms with Crippen molar-refractivity contribution in [2.45, 2.75) is 13.3 Å². The number of benzene rings is 2. The molecule has 0 radical (unpaired) electrons. The van der Waals surface area contributed by atoms with Crippen molar-refractivity contribution in [3.8, 4) is 17.3 Å². The fraction of sp³-hybridized carbons (Fsp3) is 0.158. The Morgan fingerprint density at radius 1 is 1.16 bits per heavy atom. The molecule has 2 heterocycles. The highest BCUT2D eigenvalue weighted by atomic mass is 19.1. The van der Waals surface area contributed by atoms with Crippen molar-refractivity contribution in [2.24, 2.45) is 0 Å². The number of ether oxygens (including phenoxy) is 1. The van der Waals surface area contributed by atoms with E-state index < -0.39 is 0 Å². The Bertz CT molecular complexity index is 1050. The predicted octanol–water partition coefficient (Wildman–Crippen LogP) is 4.53. The van der Waals surface area contributed by atoms with Crippen LogP contribution in [0.2, 0.25) is 0 Å². The second-order valence-corrected chi connectivity index (χ2v) is 5.70. The summed E-state index contributed by atoms with van der Waals surface area (Å²) in [7, 11) is 1.62. The van der Waals surface area contributed by atoms with Crippen molar-refractivity contribution in [3.63, 3.8) is 0 Å². The van der Waals surface area contributed by atoms with Gasteiger partial charge >= 0.3 is 0 Å². The zero-order valence-corrected chi connectivity index (χ0v) is 13.7. The lowest BCUT2D eigenvalue weighted by Crippen LogP contribution is -1.92. The molecule has 0 aliphatic heterocycles. The van der Waals surface area contributed by atoms with Gasteiger partial charge in [0.2, 0.25) is 11.7 Å². The molecule has 2 aromatic carbocycles. The first kappa shape index (κ1) is 15.4. The van der Waals surface area contributed by atoms with Crippen molar-refractivity contribution in [3.05, 3.63) is 65.3 Å². The third-order valence-electron chi connectivity index (χ3n) is 4.11. The summed E-state index contributed by atoms with van der Waals surface area (Å²) in [5, 5.41) is 4.90. The zero-order valence-electron chi connectivity index (χ0n) is 13.7. The third kappa shape index (κ3) is 2.76. The van der Waals surface area contributed by atoms with Gasteiger partial charge in [-0.1, -0.05) is 23.4 Å². The van der Waals surface area contributed by atoms with Gasteiger partial charge in [-0.25, -0.2) is 4.39 Å². The van der Waals surface area contributed by atoms with E-state index in [0.717, 1.165) is 16.7 Å². The number of methoxy groups -OCH3 is 1. The standard InChI is InChI=1S/C19H15FN2O3/c1-11-14-10-13(23-2)7-8-16(14)24-18(11)19-21-17(25-22-19)9-12-5-3-4-6-15(12)20/h3-8,10H,9H2,1-2H3.